The van der Waals surface area contributed by atoms with Gasteiger partial charge in [-0.1, -0.05) is 24.3 Å². The molecule has 3 aromatic heterocycles. The summed E-state index contributed by atoms with van der Waals surface area (Å²) in [5.74, 6) is 0.645. The fraction of sp³-hybridized carbons (Fsp3) is 0.0526. The molecule has 0 aliphatic carbocycles. The van der Waals surface area contributed by atoms with Gasteiger partial charge in [-0.25, -0.2) is 4.98 Å². The van der Waals surface area contributed by atoms with Gasteiger partial charge in [0.1, 0.15) is 5.69 Å². The van der Waals surface area contributed by atoms with Crippen molar-refractivity contribution in [2.24, 2.45) is 0 Å². The van der Waals surface area contributed by atoms with Crippen LogP contribution in [0.15, 0.2) is 73.1 Å². The van der Waals surface area contributed by atoms with E-state index in [2.05, 4.69) is 9.97 Å². The number of pyridine rings is 2. The summed E-state index contributed by atoms with van der Waals surface area (Å²) in [5, 5.41) is 0. The van der Waals surface area contributed by atoms with E-state index in [1.807, 2.05) is 47.0 Å². The summed E-state index contributed by atoms with van der Waals surface area (Å²) in [6, 6.07) is 16.2. The zero-order chi connectivity index (χ0) is 17.4. The van der Waals surface area contributed by atoms with Crippen molar-refractivity contribution < 1.29 is 13.2 Å². The molecular weight excluding hydrogens is 327 g/mol. The van der Waals surface area contributed by atoms with Crippen LogP contribution in [0.1, 0.15) is 5.56 Å². The third kappa shape index (κ3) is 2.76. The fourth-order valence-electron chi connectivity index (χ4n) is 2.74. The summed E-state index contributed by atoms with van der Waals surface area (Å²) in [5.41, 5.74) is 2.07. The van der Waals surface area contributed by atoms with Crippen molar-refractivity contribution in [1.29, 1.82) is 0 Å². The number of hydrogen-bond donors (Lipinski definition) is 0. The Kier molecular flexibility index (Phi) is 3.53. The lowest BCUT2D eigenvalue weighted by Gasteiger charge is -2.06. The Bertz CT molecular complexity index is 1020. The first-order chi connectivity index (χ1) is 12.0. The predicted octanol–water partition coefficient (Wildman–Crippen LogP) is 5.08. The minimum Gasteiger partial charge on any atom is -0.298 e. The number of aromatic nitrogens is 3. The van der Waals surface area contributed by atoms with Gasteiger partial charge in [0, 0.05) is 18.0 Å². The normalized spacial score (nSPS) is 11.8. The van der Waals surface area contributed by atoms with Gasteiger partial charge in [-0.05, 0) is 36.4 Å². The number of halogens is 3. The summed E-state index contributed by atoms with van der Waals surface area (Å²) >= 11 is 0. The summed E-state index contributed by atoms with van der Waals surface area (Å²) in [7, 11) is 0. The molecule has 0 bridgehead atoms. The molecule has 0 radical (unpaired) electrons. The lowest BCUT2D eigenvalue weighted by atomic mass is 10.1. The smallest absolute Gasteiger partial charge is 0.298 e. The molecule has 25 heavy (non-hydrogen) atoms. The van der Waals surface area contributed by atoms with Crippen molar-refractivity contribution in [2.75, 3.05) is 0 Å². The van der Waals surface area contributed by atoms with Crippen LogP contribution in [0.5, 0.6) is 0 Å². The molecule has 0 saturated carbocycles. The quantitative estimate of drug-likeness (QED) is 0.510. The second-order valence-corrected chi connectivity index (χ2v) is 5.53. The van der Waals surface area contributed by atoms with E-state index >= 15 is 0 Å². The van der Waals surface area contributed by atoms with Gasteiger partial charge in [0.25, 0.3) is 0 Å². The Morgan fingerprint density at radius 3 is 2.28 bits per heavy atom. The summed E-state index contributed by atoms with van der Waals surface area (Å²) in [4.78, 5) is 8.96. The second kappa shape index (κ2) is 5.73. The molecule has 3 nitrogen and oxygen atoms in total. The molecule has 0 spiro atoms. The maximum absolute atomic E-state index is 12.8. The van der Waals surface area contributed by atoms with Crippen LogP contribution in [0.3, 0.4) is 0 Å². The van der Waals surface area contributed by atoms with Gasteiger partial charge in [0.2, 0.25) is 0 Å². The van der Waals surface area contributed by atoms with Crippen LogP contribution in [0.25, 0.3) is 28.3 Å². The van der Waals surface area contributed by atoms with Crippen LogP contribution in [-0.4, -0.2) is 14.4 Å². The maximum Gasteiger partial charge on any atom is 0.416 e. The van der Waals surface area contributed by atoms with E-state index in [4.69, 9.17) is 0 Å². The minimum atomic E-state index is -4.35. The summed E-state index contributed by atoms with van der Waals surface area (Å²) in [6.45, 7) is 0. The van der Waals surface area contributed by atoms with Gasteiger partial charge in [-0.3, -0.25) is 9.38 Å². The largest absolute Gasteiger partial charge is 0.416 e. The maximum atomic E-state index is 12.8. The minimum absolute atomic E-state index is 0.620. The molecule has 1 aromatic carbocycles. The van der Waals surface area contributed by atoms with Gasteiger partial charge < -0.3 is 0 Å². The number of alkyl halides is 3. The van der Waals surface area contributed by atoms with E-state index in [0.717, 1.165) is 17.6 Å². The Hall–Kier alpha value is -3.15. The van der Waals surface area contributed by atoms with Crippen LogP contribution in [0, 0.1) is 0 Å². The van der Waals surface area contributed by atoms with Crippen molar-refractivity contribution >= 4 is 5.52 Å². The van der Waals surface area contributed by atoms with Crippen molar-refractivity contribution in [3.8, 4) is 22.8 Å². The van der Waals surface area contributed by atoms with E-state index < -0.39 is 11.7 Å². The Balaban J connectivity index is 1.88. The molecule has 3 heterocycles. The van der Waals surface area contributed by atoms with Gasteiger partial charge in [-0.15, -0.1) is 0 Å². The first kappa shape index (κ1) is 15.4. The number of hydrogen-bond acceptors (Lipinski definition) is 2. The molecule has 0 unspecified atom stereocenters. The zero-order valence-corrected chi connectivity index (χ0v) is 12.9. The van der Waals surface area contributed by atoms with Crippen LogP contribution >= 0.6 is 0 Å². The Labute approximate surface area is 141 Å². The first-order valence-corrected chi connectivity index (χ1v) is 7.60. The highest BCUT2D eigenvalue weighted by molar-refractivity contribution is 5.81. The molecule has 0 amide bonds. The van der Waals surface area contributed by atoms with Gasteiger partial charge in [0.05, 0.1) is 16.8 Å². The third-order valence-corrected chi connectivity index (χ3v) is 3.93. The topological polar surface area (TPSA) is 30.2 Å². The second-order valence-electron chi connectivity index (χ2n) is 5.53. The third-order valence-electron chi connectivity index (χ3n) is 3.93. The number of imidazole rings is 1. The highest BCUT2D eigenvalue weighted by atomic mass is 19.4. The predicted molar refractivity (Wildman–Crippen MR) is 88.9 cm³/mol. The fourth-order valence-corrected chi connectivity index (χ4v) is 2.74. The van der Waals surface area contributed by atoms with Gasteiger partial charge >= 0.3 is 6.18 Å². The number of benzene rings is 1. The standard InChI is InChI=1S/C19H12F3N3/c20-19(21,22)14-9-7-13(8-10-14)17-16-6-2-4-12-25(16)18(24-17)15-5-1-3-11-23-15/h1-12H. The van der Waals surface area contributed by atoms with E-state index in [1.54, 1.807) is 6.20 Å². The molecule has 6 heteroatoms. The summed E-state index contributed by atoms with van der Waals surface area (Å²) in [6.07, 6.45) is -0.814. The van der Waals surface area contributed by atoms with Crippen molar-refractivity contribution in [3.05, 3.63) is 78.6 Å². The SMILES string of the molecule is FC(F)(F)c1ccc(-c2nc(-c3ccccn3)n3ccccc23)cc1. The highest BCUT2D eigenvalue weighted by Gasteiger charge is 2.30. The number of fused-ring (bicyclic) bond motifs is 1. The molecule has 0 N–H and O–H groups in total. The lowest BCUT2D eigenvalue weighted by molar-refractivity contribution is -0.137. The van der Waals surface area contributed by atoms with E-state index in [0.29, 0.717) is 22.8 Å². The Morgan fingerprint density at radius 2 is 1.60 bits per heavy atom. The molecule has 0 aliphatic rings. The zero-order valence-electron chi connectivity index (χ0n) is 12.9. The monoisotopic (exact) mass is 339 g/mol. The average Bonchev–Trinajstić information content (AvgIpc) is 3.02. The van der Waals surface area contributed by atoms with Crippen LogP contribution < -0.4 is 0 Å². The van der Waals surface area contributed by atoms with Gasteiger partial charge in [-0.2, -0.15) is 13.2 Å². The molecule has 0 atom stereocenters. The van der Waals surface area contributed by atoms with Crippen molar-refractivity contribution in [2.45, 2.75) is 6.18 Å². The van der Waals surface area contributed by atoms with Crippen molar-refractivity contribution in [3.63, 3.8) is 0 Å². The molecular formula is C19H12F3N3. The van der Waals surface area contributed by atoms with Crippen molar-refractivity contribution in [1.82, 2.24) is 14.4 Å². The molecule has 4 rings (SSSR count). The van der Waals surface area contributed by atoms with Crippen LogP contribution in [0.2, 0.25) is 0 Å². The molecule has 0 aliphatic heterocycles. The van der Waals surface area contributed by atoms with Crippen LogP contribution in [-0.2, 0) is 6.18 Å². The molecule has 0 fully saturated rings. The highest BCUT2D eigenvalue weighted by Crippen LogP contribution is 2.33. The molecule has 0 saturated heterocycles. The summed E-state index contributed by atoms with van der Waals surface area (Å²) < 4.78 is 40.2. The van der Waals surface area contributed by atoms with E-state index in [1.165, 1.54) is 12.1 Å². The lowest BCUT2D eigenvalue weighted by Crippen LogP contribution is -2.04. The Morgan fingerprint density at radius 1 is 0.840 bits per heavy atom. The number of nitrogens with zero attached hydrogens (tertiary/aromatic N) is 3. The average molecular weight is 339 g/mol. The van der Waals surface area contributed by atoms with E-state index in [-0.39, 0.29) is 0 Å². The van der Waals surface area contributed by atoms with Gasteiger partial charge in [0.15, 0.2) is 5.82 Å². The van der Waals surface area contributed by atoms with E-state index in [9.17, 15) is 13.2 Å². The van der Waals surface area contributed by atoms with Crippen LogP contribution in [0.4, 0.5) is 13.2 Å². The molecule has 4 aromatic rings. The first-order valence-electron chi connectivity index (χ1n) is 7.60. The molecule has 124 valence electrons. The number of rotatable bonds is 2.